The number of benzene rings is 1. The van der Waals surface area contributed by atoms with E-state index in [9.17, 15) is 4.79 Å². The molecule has 8 nitrogen and oxygen atoms in total. The van der Waals surface area contributed by atoms with E-state index in [0.29, 0.717) is 17.5 Å². The van der Waals surface area contributed by atoms with Crippen LogP contribution in [0.1, 0.15) is 40.8 Å². The summed E-state index contributed by atoms with van der Waals surface area (Å²) >= 11 is 0. The third kappa shape index (κ3) is 4.44. The van der Waals surface area contributed by atoms with Gasteiger partial charge in [0.15, 0.2) is 0 Å². The quantitative estimate of drug-likeness (QED) is 0.490. The number of carbonyl (C=O) groups is 1. The molecule has 0 saturated heterocycles. The van der Waals surface area contributed by atoms with Gasteiger partial charge in [0.1, 0.15) is 5.69 Å². The Balaban J connectivity index is 1.49. The lowest BCUT2D eigenvalue weighted by Gasteiger charge is -2.06. The molecule has 1 aromatic carbocycles. The maximum Gasteiger partial charge on any atom is 0.251 e. The first-order valence-corrected chi connectivity index (χ1v) is 10.6. The van der Waals surface area contributed by atoms with Gasteiger partial charge in [-0.15, -0.1) is 0 Å². The Morgan fingerprint density at radius 1 is 1.03 bits per heavy atom. The summed E-state index contributed by atoms with van der Waals surface area (Å²) in [5.74, 6) is 0.606. The summed E-state index contributed by atoms with van der Waals surface area (Å²) in [4.78, 5) is 21.7. The number of nitrogens with one attached hydrogen (secondary N) is 1. The molecule has 4 aromatic rings. The molecule has 3 aromatic heterocycles. The minimum Gasteiger partial charge on any atom is -0.338 e. The zero-order valence-corrected chi connectivity index (χ0v) is 18.9. The van der Waals surface area contributed by atoms with E-state index in [2.05, 4.69) is 44.6 Å². The van der Waals surface area contributed by atoms with Crippen LogP contribution in [0.3, 0.4) is 0 Å². The van der Waals surface area contributed by atoms with Gasteiger partial charge < -0.3 is 4.52 Å². The van der Waals surface area contributed by atoms with Gasteiger partial charge in [0.05, 0.1) is 12.1 Å². The lowest BCUT2D eigenvalue weighted by molar-refractivity contribution is -0.115. The summed E-state index contributed by atoms with van der Waals surface area (Å²) in [6.45, 7) is 9.74. The van der Waals surface area contributed by atoms with Crippen molar-refractivity contribution in [2.75, 3.05) is 5.32 Å². The minimum absolute atomic E-state index is 0.156. The van der Waals surface area contributed by atoms with Gasteiger partial charge in [0.2, 0.25) is 11.8 Å². The van der Waals surface area contributed by atoms with Crippen molar-refractivity contribution in [1.82, 2.24) is 24.9 Å². The fourth-order valence-corrected chi connectivity index (χ4v) is 3.65. The molecule has 1 amide bonds. The van der Waals surface area contributed by atoms with Crippen LogP contribution in [0.5, 0.6) is 0 Å². The number of aromatic nitrogens is 5. The highest BCUT2D eigenvalue weighted by Crippen LogP contribution is 2.23. The van der Waals surface area contributed by atoms with Crippen molar-refractivity contribution >= 4 is 11.8 Å². The van der Waals surface area contributed by atoms with Crippen molar-refractivity contribution in [3.63, 3.8) is 0 Å². The van der Waals surface area contributed by atoms with E-state index in [1.807, 2.05) is 45.9 Å². The first kappa shape index (κ1) is 21.4. The molecule has 32 heavy (non-hydrogen) atoms. The third-order valence-electron chi connectivity index (χ3n) is 5.37. The lowest BCUT2D eigenvalue weighted by atomic mass is 10.1. The summed E-state index contributed by atoms with van der Waals surface area (Å²) in [6.07, 6.45) is 1.13. The second-order valence-corrected chi connectivity index (χ2v) is 7.86. The van der Waals surface area contributed by atoms with E-state index in [1.165, 1.54) is 5.56 Å². The smallest absolute Gasteiger partial charge is 0.251 e. The molecule has 0 radical (unpaired) electrons. The molecular weight excluding hydrogens is 404 g/mol. The number of rotatable bonds is 6. The summed E-state index contributed by atoms with van der Waals surface area (Å²) in [5.41, 5.74) is 7.02. The number of amides is 1. The van der Waals surface area contributed by atoms with Crippen molar-refractivity contribution in [2.24, 2.45) is 0 Å². The van der Waals surface area contributed by atoms with E-state index in [4.69, 9.17) is 4.52 Å². The van der Waals surface area contributed by atoms with Crippen molar-refractivity contribution in [2.45, 2.75) is 47.5 Å². The minimum atomic E-state index is -0.207. The third-order valence-corrected chi connectivity index (χ3v) is 5.37. The largest absolute Gasteiger partial charge is 0.338 e. The standard InChI is InChI=1S/C24H26N6O2/c1-6-18-7-9-19(10-8-18)21-13-23(32-29-21)27-22(31)12-20-16(4)28-30(17(20)5)24-25-14(2)11-15(3)26-24/h7-11,13H,6,12H2,1-5H3,(H,27,31). The Kier molecular flexibility index (Phi) is 5.85. The van der Waals surface area contributed by atoms with E-state index < -0.39 is 0 Å². The second-order valence-electron chi connectivity index (χ2n) is 7.86. The van der Waals surface area contributed by atoms with Gasteiger partial charge in [-0.3, -0.25) is 10.1 Å². The van der Waals surface area contributed by atoms with E-state index in [0.717, 1.165) is 40.3 Å². The number of nitrogens with zero attached hydrogens (tertiary/aromatic N) is 5. The zero-order chi connectivity index (χ0) is 22.8. The molecule has 0 unspecified atom stereocenters. The number of anilines is 1. The topological polar surface area (TPSA) is 98.7 Å². The monoisotopic (exact) mass is 430 g/mol. The SMILES string of the molecule is CCc1ccc(-c2cc(NC(=O)Cc3c(C)nn(-c4nc(C)cc(C)n4)c3C)on2)cc1. The van der Waals surface area contributed by atoms with Gasteiger partial charge in [0.25, 0.3) is 5.95 Å². The highest BCUT2D eigenvalue weighted by atomic mass is 16.5. The van der Waals surface area contributed by atoms with Gasteiger partial charge in [-0.1, -0.05) is 36.3 Å². The molecule has 0 spiro atoms. The molecule has 0 atom stereocenters. The average Bonchev–Trinajstić information content (AvgIpc) is 3.33. The molecule has 0 aliphatic heterocycles. The van der Waals surface area contributed by atoms with Crippen molar-refractivity contribution in [3.8, 4) is 17.2 Å². The summed E-state index contributed by atoms with van der Waals surface area (Å²) in [5, 5.41) is 11.4. The first-order chi connectivity index (χ1) is 15.3. The Labute approximate surface area is 186 Å². The Morgan fingerprint density at radius 2 is 1.72 bits per heavy atom. The molecule has 0 saturated carbocycles. The lowest BCUT2D eigenvalue weighted by Crippen LogP contribution is -2.15. The number of carbonyl (C=O) groups excluding carboxylic acids is 1. The second kappa shape index (κ2) is 8.74. The number of hydrogen-bond acceptors (Lipinski definition) is 6. The molecule has 1 N–H and O–H groups in total. The molecule has 164 valence electrons. The summed E-state index contributed by atoms with van der Waals surface area (Å²) in [7, 11) is 0. The van der Waals surface area contributed by atoms with Gasteiger partial charge in [-0.25, -0.2) is 14.6 Å². The van der Waals surface area contributed by atoms with Gasteiger partial charge in [-0.05, 0) is 45.7 Å². The molecule has 8 heteroatoms. The molecule has 0 aliphatic carbocycles. The zero-order valence-electron chi connectivity index (χ0n) is 18.9. The van der Waals surface area contributed by atoms with Crippen LogP contribution in [0.25, 0.3) is 17.2 Å². The molecule has 4 rings (SSSR count). The Bertz CT molecular complexity index is 1250. The Morgan fingerprint density at radius 3 is 2.38 bits per heavy atom. The van der Waals surface area contributed by atoms with Gasteiger partial charge in [-0.2, -0.15) is 5.10 Å². The normalized spacial score (nSPS) is 11.0. The van der Waals surface area contributed by atoms with Crippen LogP contribution in [-0.4, -0.2) is 30.8 Å². The fourth-order valence-electron chi connectivity index (χ4n) is 3.65. The highest BCUT2D eigenvalue weighted by molar-refractivity contribution is 5.91. The van der Waals surface area contributed by atoms with Crippen LogP contribution in [-0.2, 0) is 17.6 Å². The first-order valence-electron chi connectivity index (χ1n) is 10.6. The van der Waals surface area contributed by atoms with Gasteiger partial charge >= 0.3 is 0 Å². The average molecular weight is 431 g/mol. The Hall–Kier alpha value is -3.81. The maximum atomic E-state index is 12.7. The molecule has 0 bridgehead atoms. The molecule has 3 heterocycles. The van der Waals surface area contributed by atoms with E-state index >= 15 is 0 Å². The van der Waals surface area contributed by atoms with Crippen LogP contribution in [0, 0.1) is 27.7 Å². The fraction of sp³-hybridized carbons (Fsp3) is 0.292. The maximum absolute atomic E-state index is 12.7. The van der Waals surface area contributed by atoms with Crippen LogP contribution in [0.2, 0.25) is 0 Å². The van der Waals surface area contributed by atoms with Crippen LogP contribution in [0.15, 0.2) is 40.9 Å². The molecule has 0 fully saturated rings. The van der Waals surface area contributed by atoms with Crippen LogP contribution < -0.4 is 5.32 Å². The molecular formula is C24H26N6O2. The number of hydrogen-bond donors (Lipinski definition) is 1. The van der Waals surface area contributed by atoms with Gasteiger partial charge in [0, 0.05) is 34.3 Å². The van der Waals surface area contributed by atoms with Crippen LogP contribution in [0.4, 0.5) is 5.88 Å². The predicted molar refractivity (Wildman–Crippen MR) is 122 cm³/mol. The summed E-state index contributed by atoms with van der Waals surface area (Å²) < 4.78 is 7.01. The predicted octanol–water partition coefficient (Wildman–Crippen LogP) is 4.29. The van der Waals surface area contributed by atoms with Crippen molar-refractivity contribution in [3.05, 3.63) is 70.3 Å². The van der Waals surface area contributed by atoms with Crippen molar-refractivity contribution < 1.29 is 9.32 Å². The number of aryl methyl sites for hydroxylation is 4. The van der Waals surface area contributed by atoms with Crippen molar-refractivity contribution in [1.29, 1.82) is 0 Å². The van der Waals surface area contributed by atoms with E-state index in [-0.39, 0.29) is 12.3 Å². The summed E-state index contributed by atoms with van der Waals surface area (Å²) in [6, 6.07) is 11.8. The van der Waals surface area contributed by atoms with Crippen LogP contribution >= 0.6 is 0 Å². The van der Waals surface area contributed by atoms with E-state index in [1.54, 1.807) is 10.7 Å². The highest BCUT2D eigenvalue weighted by Gasteiger charge is 2.19. The molecule has 0 aliphatic rings.